The highest BCUT2D eigenvalue weighted by Crippen LogP contribution is 2.38. The van der Waals surface area contributed by atoms with Gasteiger partial charge in [0.15, 0.2) is 0 Å². The molecule has 0 bridgehead atoms. The Balaban J connectivity index is 1.30. The normalized spacial score (nSPS) is 23.4. The van der Waals surface area contributed by atoms with Crippen LogP contribution in [0.3, 0.4) is 0 Å². The Morgan fingerprint density at radius 2 is 2.06 bits per heavy atom. The van der Waals surface area contributed by atoms with Gasteiger partial charge in [-0.15, -0.1) is 0 Å². The second kappa shape index (κ2) is 9.07. The molecule has 2 heterocycles. The van der Waals surface area contributed by atoms with Gasteiger partial charge in [-0.1, -0.05) is 18.9 Å². The third-order valence-corrected chi connectivity index (χ3v) is 7.87. The summed E-state index contributed by atoms with van der Waals surface area (Å²) in [5.74, 6) is 0.0812. The van der Waals surface area contributed by atoms with Gasteiger partial charge in [0.25, 0.3) is 0 Å². The minimum absolute atomic E-state index is 0.0619. The maximum absolute atomic E-state index is 13.7. The Morgan fingerprint density at radius 1 is 1.26 bits per heavy atom. The van der Waals surface area contributed by atoms with Gasteiger partial charge >= 0.3 is 0 Å². The molecule has 0 radical (unpaired) electrons. The van der Waals surface area contributed by atoms with Gasteiger partial charge in [-0.2, -0.15) is 5.26 Å². The molecular weight excluding hydrogens is 426 g/mol. The van der Waals surface area contributed by atoms with Crippen molar-refractivity contribution in [3.63, 3.8) is 0 Å². The van der Waals surface area contributed by atoms with E-state index in [2.05, 4.69) is 53.6 Å². The van der Waals surface area contributed by atoms with Crippen LogP contribution in [0.4, 0.5) is 0 Å². The van der Waals surface area contributed by atoms with Crippen LogP contribution in [-0.4, -0.2) is 52.8 Å². The van der Waals surface area contributed by atoms with E-state index in [4.69, 9.17) is 0 Å². The van der Waals surface area contributed by atoms with Crippen LogP contribution in [-0.2, 0) is 29.1 Å². The zero-order chi connectivity index (χ0) is 23.9. The third-order valence-electron chi connectivity index (χ3n) is 7.87. The number of hydrogen-bond donors (Lipinski definition) is 2. The average molecular weight is 462 g/mol. The van der Waals surface area contributed by atoms with Crippen LogP contribution in [0.2, 0.25) is 0 Å². The molecule has 2 amide bonds. The van der Waals surface area contributed by atoms with Crippen molar-refractivity contribution in [2.24, 2.45) is 11.8 Å². The molecule has 2 N–H and O–H groups in total. The molecule has 34 heavy (non-hydrogen) atoms. The quantitative estimate of drug-likeness (QED) is 0.689. The van der Waals surface area contributed by atoms with Gasteiger partial charge in [0, 0.05) is 60.6 Å². The number of H-pyrrole nitrogens is 1. The number of nitrogens with one attached hydrogen (secondary N) is 2. The maximum atomic E-state index is 13.7. The molecule has 2 atom stereocenters. The fourth-order valence-electron chi connectivity index (χ4n) is 5.87. The first kappa shape index (κ1) is 22.9. The van der Waals surface area contributed by atoms with Crippen LogP contribution in [0.5, 0.6) is 0 Å². The lowest BCUT2D eigenvalue weighted by molar-refractivity contribution is -0.140. The van der Waals surface area contributed by atoms with Crippen molar-refractivity contribution in [3.05, 3.63) is 35.0 Å². The molecular formula is C27H35N5O2. The van der Waals surface area contributed by atoms with E-state index in [0.29, 0.717) is 13.0 Å². The summed E-state index contributed by atoms with van der Waals surface area (Å²) in [5, 5.41) is 13.4. The molecule has 0 unspecified atom stereocenters. The van der Waals surface area contributed by atoms with E-state index in [0.717, 1.165) is 63.6 Å². The number of benzene rings is 1. The summed E-state index contributed by atoms with van der Waals surface area (Å²) in [7, 11) is 4.14. The summed E-state index contributed by atoms with van der Waals surface area (Å²) < 4.78 is 0. The summed E-state index contributed by atoms with van der Waals surface area (Å²) in [6, 6.07) is 8.81. The first-order chi connectivity index (χ1) is 16.4. The molecule has 7 heteroatoms. The van der Waals surface area contributed by atoms with Gasteiger partial charge in [-0.3, -0.25) is 9.59 Å². The maximum Gasteiger partial charge on any atom is 0.226 e. The van der Waals surface area contributed by atoms with Crippen LogP contribution >= 0.6 is 0 Å². The van der Waals surface area contributed by atoms with Crippen molar-refractivity contribution in [3.8, 4) is 6.07 Å². The summed E-state index contributed by atoms with van der Waals surface area (Å²) in [5.41, 5.74) is 4.25. The molecule has 2 saturated carbocycles. The Kier molecular flexibility index (Phi) is 6.11. The number of aromatic nitrogens is 1. The van der Waals surface area contributed by atoms with E-state index in [9.17, 15) is 14.9 Å². The van der Waals surface area contributed by atoms with Crippen LogP contribution < -0.4 is 5.32 Å². The first-order valence-corrected chi connectivity index (χ1v) is 12.7. The fourth-order valence-corrected chi connectivity index (χ4v) is 5.87. The van der Waals surface area contributed by atoms with Gasteiger partial charge < -0.3 is 20.1 Å². The summed E-state index contributed by atoms with van der Waals surface area (Å²) >= 11 is 0. The predicted molar refractivity (Wildman–Crippen MR) is 131 cm³/mol. The van der Waals surface area contributed by atoms with E-state index in [1.807, 2.05) is 4.90 Å². The summed E-state index contributed by atoms with van der Waals surface area (Å²) in [6.07, 6.45) is 6.51. The lowest BCUT2D eigenvalue weighted by atomic mass is 9.76. The van der Waals surface area contributed by atoms with Gasteiger partial charge in [-0.05, 0) is 63.4 Å². The van der Waals surface area contributed by atoms with Crippen LogP contribution in [0.25, 0.3) is 10.9 Å². The standard InChI is InChI=1S/C27H35N5O2/c1-31(2)15-18-7-8-23-21(13-18)22-16-32(12-9-24(22)29-23)26(34)20-6-4-3-5-19(20)14-25(33)30-27(17-28)10-11-27/h7-8,13,19-20,29H,3-6,9-12,14-16H2,1-2H3,(H,30,33)/t19-,20-/m1/s1. The van der Waals surface area contributed by atoms with Crippen molar-refractivity contribution >= 4 is 22.7 Å². The number of fused-ring (bicyclic) bond motifs is 3. The lowest BCUT2D eigenvalue weighted by Crippen LogP contribution is -2.44. The second-order valence-corrected chi connectivity index (χ2v) is 10.8. The van der Waals surface area contributed by atoms with E-state index in [1.54, 1.807) is 0 Å². The number of nitriles is 1. The van der Waals surface area contributed by atoms with Gasteiger partial charge in [0.05, 0.1) is 6.07 Å². The number of nitrogens with zero attached hydrogens (tertiary/aromatic N) is 3. The van der Waals surface area contributed by atoms with Crippen molar-refractivity contribution in [2.45, 2.75) is 70.0 Å². The molecule has 180 valence electrons. The average Bonchev–Trinajstić information content (AvgIpc) is 3.50. The number of hydrogen-bond acceptors (Lipinski definition) is 4. The predicted octanol–water partition coefficient (Wildman–Crippen LogP) is 3.48. The zero-order valence-corrected chi connectivity index (χ0v) is 20.3. The van der Waals surface area contributed by atoms with Crippen molar-refractivity contribution in [1.29, 1.82) is 5.26 Å². The van der Waals surface area contributed by atoms with E-state index in [-0.39, 0.29) is 23.7 Å². The van der Waals surface area contributed by atoms with E-state index < -0.39 is 5.54 Å². The number of carbonyl (C=O) groups is 2. The molecule has 5 rings (SSSR count). The van der Waals surface area contributed by atoms with E-state index >= 15 is 0 Å². The minimum atomic E-state index is -0.644. The molecule has 1 aliphatic heterocycles. The molecule has 2 aliphatic carbocycles. The fraction of sp³-hybridized carbons (Fsp3) is 0.593. The topological polar surface area (TPSA) is 92.2 Å². The Bertz CT molecular complexity index is 1140. The Hall–Kier alpha value is -2.85. The molecule has 3 aliphatic rings. The largest absolute Gasteiger partial charge is 0.358 e. The van der Waals surface area contributed by atoms with Gasteiger partial charge in [0.2, 0.25) is 11.8 Å². The first-order valence-electron chi connectivity index (χ1n) is 12.7. The molecule has 0 spiro atoms. The second-order valence-electron chi connectivity index (χ2n) is 10.8. The van der Waals surface area contributed by atoms with Gasteiger partial charge in [-0.25, -0.2) is 0 Å². The van der Waals surface area contributed by atoms with Gasteiger partial charge in [0.1, 0.15) is 5.54 Å². The number of rotatable bonds is 6. The van der Waals surface area contributed by atoms with Crippen molar-refractivity contribution < 1.29 is 9.59 Å². The molecule has 2 fully saturated rings. The molecule has 1 aromatic heterocycles. The molecule has 0 saturated heterocycles. The lowest BCUT2D eigenvalue weighted by Gasteiger charge is -2.36. The van der Waals surface area contributed by atoms with Crippen molar-refractivity contribution in [1.82, 2.24) is 20.1 Å². The van der Waals surface area contributed by atoms with Crippen molar-refractivity contribution in [2.75, 3.05) is 20.6 Å². The summed E-state index contributed by atoms with van der Waals surface area (Å²) in [6.45, 7) is 2.24. The molecule has 1 aromatic carbocycles. The summed E-state index contributed by atoms with van der Waals surface area (Å²) in [4.78, 5) is 34.1. The third kappa shape index (κ3) is 4.56. The SMILES string of the molecule is CN(C)Cc1ccc2[nH]c3c(c2c1)CN(C(=O)[C@@H]1CCCC[C@@H]1CC(=O)NC1(C#N)CC1)CC3. The number of carbonyl (C=O) groups excluding carboxylic acids is 2. The number of aromatic amines is 1. The minimum Gasteiger partial charge on any atom is -0.358 e. The highest BCUT2D eigenvalue weighted by molar-refractivity contribution is 5.87. The van der Waals surface area contributed by atoms with Crippen LogP contribution in [0.1, 0.15) is 61.8 Å². The molecule has 2 aromatic rings. The monoisotopic (exact) mass is 461 g/mol. The Morgan fingerprint density at radius 3 is 2.79 bits per heavy atom. The Labute approximate surface area is 201 Å². The van der Waals surface area contributed by atoms with E-state index in [1.165, 1.54) is 22.2 Å². The highest BCUT2D eigenvalue weighted by atomic mass is 16.2. The number of amides is 2. The highest BCUT2D eigenvalue weighted by Gasteiger charge is 2.45. The zero-order valence-electron chi connectivity index (χ0n) is 20.3. The molecule has 7 nitrogen and oxygen atoms in total. The van der Waals surface area contributed by atoms with Crippen LogP contribution in [0, 0.1) is 23.2 Å². The smallest absolute Gasteiger partial charge is 0.226 e. The van der Waals surface area contributed by atoms with Crippen LogP contribution in [0.15, 0.2) is 18.2 Å².